The summed E-state index contributed by atoms with van der Waals surface area (Å²) in [5, 5.41) is 13.1. The molecule has 1 saturated heterocycles. The van der Waals surface area contributed by atoms with Crippen LogP contribution in [0.25, 0.3) is 0 Å². The fourth-order valence-corrected chi connectivity index (χ4v) is 3.35. The zero-order chi connectivity index (χ0) is 16.4. The molecular formula is C14H20FN7S. The molecule has 1 fully saturated rings. The standard InChI is InChI=1S/C14H20FN7S/c1-21(2)12-10(15)8-17-13(18-12)23-14-20-19-11(22(14)3)9-4-6-16-7-5-9/h8-9,16H,4-7H2,1-3H3. The van der Waals surface area contributed by atoms with Crippen molar-refractivity contribution in [1.29, 1.82) is 0 Å². The van der Waals surface area contributed by atoms with Gasteiger partial charge in [0.05, 0.1) is 6.20 Å². The number of piperidine rings is 1. The Bertz CT molecular complexity index is 682. The molecule has 0 amide bonds. The van der Waals surface area contributed by atoms with Gasteiger partial charge in [-0.3, -0.25) is 0 Å². The van der Waals surface area contributed by atoms with Crippen LogP contribution in [0, 0.1) is 5.82 Å². The van der Waals surface area contributed by atoms with Crippen LogP contribution < -0.4 is 10.2 Å². The van der Waals surface area contributed by atoms with Gasteiger partial charge in [0.1, 0.15) is 5.82 Å². The highest BCUT2D eigenvalue weighted by Crippen LogP contribution is 2.29. The van der Waals surface area contributed by atoms with E-state index >= 15 is 0 Å². The third kappa shape index (κ3) is 3.45. The zero-order valence-electron chi connectivity index (χ0n) is 13.5. The van der Waals surface area contributed by atoms with Gasteiger partial charge in [0.2, 0.25) is 0 Å². The second kappa shape index (κ2) is 6.79. The summed E-state index contributed by atoms with van der Waals surface area (Å²) in [6, 6.07) is 0. The van der Waals surface area contributed by atoms with Gasteiger partial charge in [0, 0.05) is 27.1 Å². The average Bonchev–Trinajstić information content (AvgIpc) is 2.91. The number of aromatic nitrogens is 5. The maximum Gasteiger partial charge on any atom is 0.198 e. The Kier molecular flexibility index (Phi) is 4.76. The molecule has 1 aliphatic rings. The van der Waals surface area contributed by atoms with Crippen LogP contribution in [0.5, 0.6) is 0 Å². The number of nitrogens with one attached hydrogen (secondary N) is 1. The van der Waals surface area contributed by atoms with Crippen molar-refractivity contribution in [3.63, 3.8) is 0 Å². The molecule has 0 aliphatic carbocycles. The van der Waals surface area contributed by atoms with Gasteiger partial charge in [-0.05, 0) is 37.7 Å². The van der Waals surface area contributed by atoms with Crippen molar-refractivity contribution in [1.82, 2.24) is 30.0 Å². The van der Waals surface area contributed by atoms with E-state index in [1.54, 1.807) is 19.0 Å². The third-order valence-electron chi connectivity index (χ3n) is 3.88. The average molecular weight is 337 g/mol. The molecule has 2 aromatic rings. The Hall–Kier alpha value is -1.74. The van der Waals surface area contributed by atoms with Crippen LogP contribution in [0.3, 0.4) is 0 Å². The number of hydrogen-bond donors (Lipinski definition) is 1. The normalized spacial score (nSPS) is 15.8. The van der Waals surface area contributed by atoms with Crippen LogP contribution in [-0.2, 0) is 7.05 Å². The number of rotatable bonds is 4. The predicted octanol–water partition coefficient (Wildman–Crippen LogP) is 1.43. The van der Waals surface area contributed by atoms with Gasteiger partial charge in [-0.25, -0.2) is 14.4 Å². The Balaban J connectivity index is 1.81. The Morgan fingerprint density at radius 3 is 2.74 bits per heavy atom. The molecule has 0 saturated carbocycles. The SMILES string of the molecule is CN(C)c1nc(Sc2nnc(C3CCNCC3)n2C)ncc1F. The second-order valence-corrected chi connectivity index (χ2v) is 6.68. The lowest BCUT2D eigenvalue weighted by Gasteiger charge is -2.21. The van der Waals surface area contributed by atoms with Crippen LogP contribution in [-0.4, -0.2) is 51.9 Å². The molecule has 0 aromatic carbocycles. The Morgan fingerprint density at radius 2 is 2.04 bits per heavy atom. The molecule has 3 heterocycles. The Morgan fingerprint density at radius 1 is 1.30 bits per heavy atom. The molecule has 0 radical (unpaired) electrons. The largest absolute Gasteiger partial charge is 0.360 e. The molecule has 23 heavy (non-hydrogen) atoms. The summed E-state index contributed by atoms with van der Waals surface area (Å²) in [6.45, 7) is 2.01. The molecule has 0 spiro atoms. The van der Waals surface area contributed by atoms with Crippen molar-refractivity contribution >= 4 is 17.6 Å². The van der Waals surface area contributed by atoms with E-state index in [2.05, 4.69) is 25.5 Å². The topological polar surface area (TPSA) is 71.8 Å². The minimum atomic E-state index is -0.437. The van der Waals surface area contributed by atoms with Crippen LogP contribution in [0.2, 0.25) is 0 Å². The summed E-state index contributed by atoms with van der Waals surface area (Å²) in [4.78, 5) is 9.90. The van der Waals surface area contributed by atoms with E-state index in [4.69, 9.17) is 0 Å². The summed E-state index contributed by atoms with van der Waals surface area (Å²) < 4.78 is 15.7. The smallest absolute Gasteiger partial charge is 0.198 e. The molecule has 9 heteroatoms. The number of nitrogens with zero attached hydrogens (tertiary/aromatic N) is 6. The van der Waals surface area contributed by atoms with Gasteiger partial charge in [-0.2, -0.15) is 0 Å². The summed E-state index contributed by atoms with van der Waals surface area (Å²) in [6.07, 6.45) is 3.32. The van der Waals surface area contributed by atoms with E-state index in [-0.39, 0.29) is 5.82 Å². The monoisotopic (exact) mass is 337 g/mol. The first-order chi connectivity index (χ1) is 11.1. The third-order valence-corrected chi connectivity index (χ3v) is 4.80. The van der Waals surface area contributed by atoms with Gasteiger partial charge < -0.3 is 14.8 Å². The van der Waals surface area contributed by atoms with E-state index in [0.29, 0.717) is 11.1 Å². The van der Waals surface area contributed by atoms with Crippen LogP contribution >= 0.6 is 11.8 Å². The summed E-state index contributed by atoms with van der Waals surface area (Å²) in [5.41, 5.74) is 0. The first-order valence-corrected chi connectivity index (χ1v) is 8.35. The van der Waals surface area contributed by atoms with Crippen LogP contribution in [0.1, 0.15) is 24.6 Å². The van der Waals surface area contributed by atoms with E-state index < -0.39 is 5.82 Å². The van der Waals surface area contributed by atoms with Crippen LogP contribution in [0.15, 0.2) is 16.5 Å². The highest BCUT2D eigenvalue weighted by Gasteiger charge is 2.22. The van der Waals surface area contributed by atoms with Crippen molar-refractivity contribution in [3.05, 3.63) is 17.8 Å². The molecule has 7 nitrogen and oxygen atoms in total. The quantitative estimate of drug-likeness (QED) is 0.846. The van der Waals surface area contributed by atoms with Gasteiger partial charge in [0.15, 0.2) is 21.9 Å². The van der Waals surface area contributed by atoms with E-state index in [1.165, 1.54) is 18.0 Å². The predicted molar refractivity (Wildman–Crippen MR) is 86.3 cm³/mol. The zero-order valence-corrected chi connectivity index (χ0v) is 14.3. The number of anilines is 1. The van der Waals surface area contributed by atoms with Gasteiger partial charge in [-0.1, -0.05) is 0 Å². The molecule has 1 aliphatic heterocycles. The summed E-state index contributed by atoms with van der Waals surface area (Å²) >= 11 is 1.30. The van der Waals surface area contributed by atoms with Gasteiger partial charge in [-0.15, -0.1) is 10.2 Å². The molecule has 0 unspecified atom stereocenters. The lowest BCUT2D eigenvalue weighted by molar-refractivity contribution is 0.434. The minimum Gasteiger partial charge on any atom is -0.360 e. The molecule has 0 atom stereocenters. The fraction of sp³-hybridized carbons (Fsp3) is 0.571. The summed E-state index contributed by atoms with van der Waals surface area (Å²) in [5.74, 6) is 1.24. The first kappa shape index (κ1) is 16.1. The van der Waals surface area contributed by atoms with Gasteiger partial charge >= 0.3 is 0 Å². The van der Waals surface area contributed by atoms with Crippen molar-refractivity contribution in [3.8, 4) is 0 Å². The van der Waals surface area contributed by atoms with Crippen molar-refractivity contribution in [2.75, 3.05) is 32.1 Å². The Labute approximate surface area is 138 Å². The molecule has 1 N–H and O–H groups in total. The van der Waals surface area contributed by atoms with Gasteiger partial charge in [0.25, 0.3) is 0 Å². The van der Waals surface area contributed by atoms with E-state index in [0.717, 1.165) is 36.9 Å². The van der Waals surface area contributed by atoms with Crippen molar-refractivity contribution < 1.29 is 4.39 Å². The minimum absolute atomic E-state index is 0.267. The van der Waals surface area contributed by atoms with Crippen LogP contribution in [0.4, 0.5) is 10.2 Å². The number of hydrogen-bond acceptors (Lipinski definition) is 7. The number of halogens is 1. The van der Waals surface area contributed by atoms with E-state index in [1.807, 2.05) is 11.6 Å². The summed E-state index contributed by atoms with van der Waals surface area (Å²) in [7, 11) is 5.45. The highest BCUT2D eigenvalue weighted by atomic mass is 32.2. The molecule has 0 bridgehead atoms. The first-order valence-electron chi connectivity index (χ1n) is 7.54. The van der Waals surface area contributed by atoms with E-state index in [9.17, 15) is 4.39 Å². The molecule has 3 rings (SSSR count). The molecule has 2 aromatic heterocycles. The lowest BCUT2D eigenvalue weighted by atomic mass is 9.97. The molecule has 124 valence electrons. The second-order valence-electron chi connectivity index (χ2n) is 5.74. The van der Waals surface area contributed by atoms with Crippen molar-refractivity contribution in [2.45, 2.75) is 29.1 Å². The highest BCUT2D eigenvalue weighted by molar-refractivity contribution is 7.99. The maximum absolute atomic E-state index is 13.7. The fourth-order valence-electron chi connectivity index (χ4n) is 2.64. The van der Waals surface area contributed by atoms with Crippen molar-refractivity contribution in [2.24, 2.45) is 7.05 Å². The maximum atomic E-state index is 13.7. The lowest BCUT2D eigenvalue weighted by Crippen LogP contribution is -2.27. The molecular weight excluding hydrogens is 317 g/mol.